The van der Waals surface area contributed by atoms with Gasteiger partial charge in [0.25, 0.3) is 5.69 Å². The van der Waals surface area contributed by atoms with Gasteiger partial charge in [0.1, 0.15) is 0 Å². The third kappa shape index (κ3) is 3.07. The molecule has 0 heterocycles. The molecule has 1 aromatic rings. The third-order valence-corrected chi connectivity index (χ3v) is 3.90. The Morgan fingerprint density at radius 3 is 2.70 bits per heavy atom. The Balaban J connectivity index is 2.26. The minimum Gasteiger partial charge on any atom is -0.478 e. The monoisotopic (exact) mass is 278 g/mol. The van der Waals surface area contributed by atoms with E-state index in [9.17, 15) is 20.0 Å². The molecule has 0 aromatic heterocycles. The lowest BCUT2D eigenvalue weighted by Crippen LogP contribution is -2.31. The molecule has 1 aromatic carbocycles. The summed E-state index contributed by atoms with van der Waals surface area (Å²) < 4.78 is 0. The van der Waals surface area contributed by atoms with E-state index in [1.54, 1.807) is 0 Å². The van der Waals surface area contributed by atoms with Crippen molar-refractivity contribution >= 4 is 17.3 Å². The van der Waals surface area contributed by atoms with Crippen LogP contribution in [-0.4, -0.2) is 22.0 Å². The molecule has 0 bridgehead atoms. The van der Waals surface area contributed by atoms with Crippen molar-refractivity contribution in [3.05, 3.63) is 33.9 Å². The topological polar surface area (TPSA) is 92.5 Å². The summed E-state index contributed by atoms with van der Waals surface area (Å²) in [6.45, 7) is 2.14. The highest BCUT2D eigenvalue weighted by Crippen LogP contribution is 2.29. The number of carbonyl (C=O) groups is 1. The molecule has 2 N–H and O–H groups in total. The van der Waals surface area contributed by atoms with Crippen LogP contribution in [0.4, 0.5) is 11.4 Å². The number of hydrogen-bond acceptors (Lipinski definition) is 4. The number of carboxylic acid groups (broad SMARTS) is 1. The molecule has 20 heavy (non-hydrogen) atoms. The Morgan fingerprint density at radius 1 is 1.40 bits per heavy atom. The van der Waals surface area contributed by atoms with Crippen molar-refractivity contribution in [1.82, 2.24) is 0 Å². The number of aromatic carboxylic acids is 1. The van der Waals surface area contributed by atoms with E-state index in [4.69, 9.17) is 0 Å². The van der Waals surface area contributed by atoms with Crippen LogP contribution < -0.4 is 5.32 Å². The van der Waals surface area contributed by atoms with Crippen LogP contribution in [0.1, 0.15) is 43.0 Å². The molecule has 0 aliphatic heterocycles. The predicted octanol–water partition coefficient (Wildman–Crippen LogP) is 3.28. The molecule has 108 valence electrons. The van der Waals surface area contributed by atoms with Gasteiger partial charge in [-0.25, -0.2) is 4.79 Å². The second kappa shape index (κ2) is 5.90. The number of carboxylic acids is 1. The first kappa shape index (κ1) is 14.3. The van der Waals surface area contributed by atoms with Crippen molar-refractivity contribution in [2.75, 3.05) is 5.32 Å². The summed E-state index contributed by atoms with van der Waals surface area (Å²) in [6.07, 6.45) is 4.44. The Morgan fingerprint density at radius 2 is 2.10 bits per heavy atom. The molecular weight excluding hydrogens is 260 g/mol. The smallest absolute Gasteiger partial charge is 0.338 e. The number of non-ortho nitro benzene ring substituents is 1. The van der Waals surface area contributed by atoms with E-state index in [0.717, 1.165) is 25.3 Å². The number of nitro groups is 1. The molecule has 0 saturated heterocycles. The van der Waals surface area contributed by atoms with Crippen molar-refractivity contribution in [3.8, 4) is 0 Å². The van der Waals surface area contributed by atoms with Gasteiger partial charge < -0.3 is 10.4 Å². The minimum absolute atomic E-state index is 0.0445. The summed E-state index contributed by atoms with van der Waals surface area (Å²) in [7, 11) is 0. The number of nitrogens with one attached hydrogen (secondary N) is 1. The Kier molecular flexibility index (Phi) is 4.22. The normalized spacial score (nSPS) is 22.2. The van der Waals surface area contributed by atoms with Crippen LogP contribution in [0.3, 0.4) is 0 Å². The zero-order valence-corrected chi connectivity index (χ0v) is 11.3. The number of hydrogen-bond donors (Lipinski definition) is 2. The standard InChI is InChI=1S/C14H18N2O4/c1-9-4-2-3-5-12(9)15-13-7-6-10(16(19)20)8-11(13)14(17)18/h6-9,12,15H,2-5H2,1H3,(H,17,18). The molecule has 1 aliphatic rings. The Hall–Kier alpha value is -2.11. The van der Waals surface area contributed by atoms with Crippen LogP contribution in [-0.2, 0) is 0 Å². The molecular formula is C14H18N2O4. The summed E-state index contributed by atoms with van der Waals surface area (Å²) in [5.41, 5.74) is 0.212. The quantitative estimate of drug-likeness (QED) is 0.651. The largest absolute Gasteiger partial charge is 0.478 e. The lowest BCUT2D eigenvalue weighted by atomic mass is 9.85. The van der Waals surface area contributed by atoms with Gasteiger partial charge in [-0.15, -0.1) is 0 Å². The first-order valence-corrected chi connectivity index (χ1v) is 6.77. The fourth-order valence-corrected chi connectivity index (χ4v) is 2.68. The fourth-order valence-electron chi connectivity index (χ4n) is 2.68. The van der Waals surface area contributed by atoms with E-state index in [1.807, 2.05) is 0 Å². The first-order chi connectivity index (χ1) is 9.49. The van der Waals surface area contributed by atoms with Crippen molar-refractivity contribution in [2.45, 2.75) is 38.6 Å². The van der Waals surface area contributed by atoms with Crippen molar-refractivity contribution < 1.29 is 14.8 Å². The van der Waals surface area contributed by atoms with E-state index in [-0.39, 0.29) is 17.3 Å². The van der Waals surface area contributed by atoms with Gasteiger partial charge in [-0.1, -0.05) is 19.8 Å². The van der Waals surface area contributed by atoms with E-state index in [0.29, 0.717) is 11.6 Å². The van der Waals surface area contributed by atoms with E-state index in [1.165, 1.54) is 18.6 Å². The van der Waals surface area contributed by atoms with Gasteiger partial charge in [0.2, 0.25) is 0 Å². The zero-order valence-electron chi connectivity index (χ0n) is 11.3. The van der Waals surface area contributed by atoms with Gasteiger partial charge in [-0.2, -0.15) is 0 Å². The third-order valence-electron chi connectivity index (χ3n) is 3.90. The van der Waals surface area contributed by atoms with Crippen LogP contribution in [0.2, 0.25) is 0 Å². The molecule has 2 unspecified atom stereocenters. The summed E-state index contributed by atoms with van der Waals surface area (Å²) in [6, 6.07) is 4.16. The van der Waals surface area contributed by atoms with Gasteiger partial charge in [0, 0.05) is 23.9 Å². The highest BCUT2D eigenvalue weighted by Gasteiger charge is 2.23. The van der Waals surface area contributed by atoms with Crippen molar-refractivity contribution in [1.29, 1.82) is 0 Å². The van der Waals surface area contributed by atoms with Crippen LogP contribution >= 0.6 is 0 Å². The highest BCUT2D eigenvalue weighted by molar-refractivity contribution is 5.95. The predicted molar refractivity (Wildman–Crippen MR) is 75.1 cm³/mol. The lowest BCUT2D eigenvalue weighted by Gasteiger charge is -2.30. The molecule has 2 rings (SSSR count). The maximum atomic E-state index is 11.3. The molecule has 0 amide bonds. The minimum atomic E-state index is -1.15. The Labute approximate surface area is 117 Å². The number of nitrogens with zero attached hydrogens (tertiary/aromatic N) is 1. The van der Waals surface area contributed by atoms with Gasteiger partial charge in [-0.3, -0.25) is 10.1 Å². The van der Waals surface area contributed by atoms with Crippen LogP contribution in [0.25, 0.3) is 0 Å². The number of anilines is 1. The average molecular weight is 278 g/mol. The molecule has 2 atom stereocenters. The van der Waals surface area contributed by atoms with E-state index >= 15 is 0 Å². The van der Waals surface area contributed by atoms with E-state index in [2.05, 4.69) is 12.2 Å². The average Bonchev–Trinajstić information content (AvgIpc) is 2.41. The maximum absolute atomic E-state index is 11.3. The van der Waals surface area contributed by atoms with Gasteiger partial charge >= 0.3 is 5.97 Å². The van der Waals surface area contributed by atoms with Crippen LogP contribution in [0.5, 0.6) is 0 Å². The number of benzene rings is 1. The van der Waals surface area contributed by atoms with Crippen molar-refractivity contribution in [3.63, 3.8) is 0 Å². The SMILES string of the molecule is CC1CCCCC1Nc1ccc([N+](=O)[O-])cc1C(=O)O. The van der Waals surface area contributed by atoms with Gasteiger partial charge in [0.15, 0.2) is 0 Å². The summed E-state index contributed by atoms with van der Waals surface area (Å²) in [4.78, 5) is 21.4. The van der Waals surface area contributed by atoms with Crippen LogP contribution in [0.15, 0.2) is 18.2 Å². The Bertz CT molecular complexity index is 530. The van der Waals surface area contributed by atoms with Crippen molar-refractivity contribution in [2.24, 2.45) is 5.92 Å². The molecule has 1 aliphatic carbocycles. The molecule has 6 nitrogen and oxygen atoms in total. The van der Waals surface area contributed by atoms with Crippen LogP contribution in [0, 0.1) is 16.0 Å². The summed E-state index contributed by atoms with van der Waals surface area (Å²) in [5.74, 6) is -0.680. The van der Waals surface area contributed by atoms with Gasteiger partial charge in [0.05, 0.1) is 10.5 Å². The summed E-state index contributed by atoms with van der Waals surface area (Å²) in [5, 5.41) is 23.2. The summed E-state index contributed by atoms with van der Waals surface area (Å²) >= 11 is 0. The molecule has 6 heteroatoms. The van der Waals surface area contributed by atoms with E-state index < -0.39 is 10.9 Å². The second-order valence-corrected chi connectivity index (χ2v) is 5.30. The zero-order chi connectivity index (χ0) is 14.7. The number of nitro benzene ring substituents is 1. The fraction of sp³-hybridized carbons (Fsp3) is 0.500. The molecule has 0 radical (unpaired) electrons. The maximum Gasteiger partial charge on any atom is 0.338 e. The second-order valence-electron chi connectivity index (χ2n) is 5.30. The van der Waals surface area contributed by atoms with Gasteiger partial charge in [-0.05, 0) is 24.8 Å². The molecule has 1 saturated carbocycles. The number of rotatable bonds is 4. The molecule has 1 fully saturated rings. The first-order valence-electron chi connectivity index (χ1n) is 6.77. The highest BCUT2D eigenvalue weighted by atomic mass is 16.6. The molecule has 0 spiro atoms. The lowest BCUT2D eigenvalue weighted by molar-refractivity contribution is -0.384.